The van der Waals surface area contributed by atoms with Crippen molar-refractivity contribution in [2.45, 2.75) is 46.0 Å². The van der Waals surface area contributed by atoms with E-state index < -0.39 is 0 Å². The van der Waals surface area contributed by atoms with E-state index >= 15 is 0 Å². The highest BCUT2D eigenvalue weighted by atomic mass is 14.9. The summed E-state index contributed by atoms with van der Waals surface area (Å²) in [5.41, 5.74) is 5.21. The Morgan fingerprint density at radius 2 is 1.79 bits per heavy atom. The number of unbranched alkanes of at least 4 members (excludes halogenated alkanes) is 4. The number of nitrogens with zero attached hydrogens (tertiary/aromatic N) is 2. The Balaban J connectivity index is 0.000000241. The summed E-state index contributed by atoms with van der Waals surface area (Å²) in [4.78, 5) is 7.30. The molecule has 80 valence electrons. The lowest BCUT2D eigenvalue weighted by Crippen LogP contribution is -1.87. The predicted octanol–water partition coefficient (Wildman–Crippen LogP) is 3.04. The molecule has 3 heteroatoms. The van der Waals surface area contributed by atoms with E-state index in [1.54, 1.807) is 12.3 Å². The second-order valence-corrected chi connectivity index (χ2v) is 3.19. The van der Waals surface area contributed by atoms with Gasteiger partial charge in [0, 0.05) is 6.20 Å². The summed E-state index contributed by atoms with van der Waals surface area (Å²) in [6.07, 6.45) is 10.0. The Bertz CT molecular complexity index is 195. The maximum Gasteiger partial charge on any atom is 0.126 e. The molecular weight excluding hydrogens is 174 g/mol. The van der Waals surface area contributed by atoms with Crippen molar-refractivity contribution >= 4 is 5.82 Å². The molecule has 14 heavy (non-hydrogen) atoms. The Morgan fingerprint density at radius 3 is 2.07 bits per heavy atom. The van der Waals surface area contributed by atoms with Crippen molar-refractivity contribution in [3.05, 3.63) is 18.6 Å². The fourth-order valence-electron chi connectivity index (χ4n) is 0.978. The summed E-state index contributed by atoms with van der Waals surface area (Å²) in [5.74, 6) is 0.509. The summed E-state index contributed by atoms with van der Waals surface area (Å²) in [6.45, 7) is 4.49. The minimum Gasteiger partial charge on any atom is -0.384 e. The zero-order chi connectivity index (χ0) is 10.6. The van der Waals surface area contributed by atoms with Gasteiger partial charge in [-0.3, -0.25) is 0 Å². The van der Waals surface area contributed by atoms with Crippen molar-refractivity contribution < 1.29 is 0 Å². The molecule has 0 aliphatic rings. The van der Waals surface area contributed by atoms with Crippen LogP contribution in [0.5, 0.6) is 0 Å². The lowest BCUT2D eigenvalue weighted by atomic mass is 10.2. The molecule has 0 fully saturated rings. The maximum atomic E-state index is 5.21. The summed E-state index contributed by atoms with van der Waals surface area (Å²) in [6, 6.07) is 1.64. The van der Waals surface area contributed by atoms with E-state index in [1.165, 1.54) is 38.4 Å². The van der Waals surface area contributed by atoms with Crippen LogP contribution in [0.2, 0.25) is 0 Å². The van der Waals surface area contributed by atoms with Crippen molar-refractivity contribution in [3.8, 4) is 0 Å². The lowest BCUT2D eigenvalue weighted by molar-refractivity contribution is 0.656. The zero-order valence-electron chi connectivity index (χ0n) is 9.24. The third-order valence-corrected chi connectivity index (χ3v) is 1.81. The Hall–Kier alpha value is -1.12. The number of nitrogens with two attached hydrogens (primary N) is 1. The van der Waals surface area contributed by atoms with Crippen LogP contribution in [0.4, 0.5) is 5.82 Å². The Morgan fingerprint density at radius 1 is 1.14 bits per heavy atom. The number of nitrogen functional groups attached to an aromatic ring is 1. The number of aromatic nitrogens is 2. The summed E-state index contributed by atoms with van der Waals surface area (Å²) in [7, 11) is 0. The van der Waals surface area contributed by atoms with Crippen LogP contribution in [0, 0.1) is 0 Å². The molecule has 1 aromatic heterocycles. The molecule has 0 unspecified atom stereocenters. The highest BCUT2D eigenvalue weighted by Gasteiger charge is 1.80. The number of hydrogen-bond donors (Lipinski definition) is 1. The molecule has 0 amide bonds. The third kappa shape index (κ3) is 8.97. The van der Waals surface area contributed by atoms with Crippen molar-refractivity contribution in [1.29, 1.82) is 0 Å². The second kappa shape index (κ2) is 9.96. The van der Waals surface area contributed by atoms with Crippen LogP contribution in [-0.4, -0.2) is 9.97 Å². The number of hydrogen-bond acceptors (Lipinski definition) is 3. The Kier molecular flexibility index (Phi) is 9.17. The van der Waals surface area contributed by atoms with E-state index in [-0.39, 0.29) is 0 Å². The predicted molar refractivity (Wildman–Crippen MR) is 60.9 cm³/mol. The molecule has 1 aromatic rings. The first-order chi connectivity index (χ1) is 6.81. The van der Waals surface area contributed by atoms with Gasteiger partial charge < -0.3 is 5.73 Å². The van der Waals surface area contributed by atoms with Crippen LogP contribution in [0.15, 0.2) is 18.6 Å². The van der Waals surface area contributed by atoms with E-state index in [1.807, 2.05) is 0 Å². The van der Waals surface area contributed by atoms with Gasteiger partial charge in [-0.15, -0.1) is 0 Å². The molecule has 0 atom stereocenters. The molecule has 0 aromatic carbocycles. The van der Waals surface area contributed by atoms with Gasteiger partial charge in [-0.05, 0) is 6.07 Å². The maximum absolute atomic E-state index is 5.21. The van der Waals surface area contributed by atoms with Crippen LogP contribution >= 0.6 is 0 Å². The van der Waals surface area contributed by atoms with E-state index in [0.29, 0.717) is 5.82 Å². The smallest absolute Gasteiger partial charge is 0.126 e. The fraction of sp³-hybridized carbons (Fsp3) is 0.636. The molecule has 2 N–H and O–H groups in total. The highest BCUT2D eigenvalue weighted by molar-refractivity contribution is 5.22. The molecule has 0 spiro atoms. The van der Waals surface area contributed by atoms with Crippen LogP contribution in [0.25, 0.3) is 0 Å². The number of anilines is 1. The van der Waals surface area contributed by atoms with Gasteiger partial charge in [0.2, 0.25) is 0 Å². The molecule has 0 radical (unpaired) electrons. The number of rotatable bonds is 4. The summed E-state index contributed by atoms with van der Waals surface area (Å²) >= 11 is 0. The molecule has 0 aliphatic carbocycles. The van der Waals surface area contributed by atoms with Gasteiger partial charge in [0.15, 0.2) is 0 Å². The van der Waals surface area contributed by atoms with Gasteiger partial charge in [-0.1, -0.05) is 46.0 Å². The van der Waals surface area contributed by atoms with Gasteiger partial charge in [0.05, 0.1) is 0 Å². The van der Waals surface area contributed by atoms with E-state index in [4.69, 9.17) is 5.73 Å². The monoisotopic (exact) mass is 195 g/mol. The molecule has 3 nitrogen and oxygen atoms in total. The van der Waals surface area contributed by atoms with Crippen molar-refractivity contribution in [1.82, 2.24) is 9.97 Å². The largest absolute Gasteiger partial charge is 0.384 e. The lowest BCUT2D eigenvalue weighted by Gasteiger charge is -1.90. The first-order valence-electron chi connectivity index (χ1n) is 5.32. The normalized spacial score (nSPS) is 9.00. The molecule has 1 heterocycles. The third-order valence-electron chi connectivity index (χ3n) is 1.81. The van der Waals surface area contributed by atoms with Crippen LogP contribution in [0.3, 0.4) is 0 Å². The minimum absolute atomic E-state index is 0.509. The van der Waals surface area contributed by atoms with E-state index in [2.05, 4.69) is 23.8 Å². The standard InChI is InChI=1S/C7H16.C4H5N3/c1-3-5-7-6-4-2;5-4-1-2-6-3-7-4/h3-7H2,1-2H3;1-3H,(H2,5,6,7). The van der Waals surface area contributed by atoms with Gasteiger partial charge in [0.25, 0.3) is 0 Å². The van der Waals surface area contributed by atoms with Gasteiger partial charge in [-0.2, -0.15) is 0 Å². The van der Waals surface area contributed by atoms with Gasteiger partial charge in [-0.25, -0.2) is 9.97 Å². The molecule has 1 rings (SSSR count). The van der Waals surface area contributed by atoms with Crippen LogP contribution in [0.1, 0.15) is 46.0 Å². The first kappa shape index (κ1) is 12.9. The highest BCUT2D eigenvalue weighted by Crippen LogP contribution is 2.00. The summed E-state index contributed by atoms with van der Waals surface area (Å²) in [5, 5.41) is 0. The van der Waals surface area contributed by atoms with Gasteiger partial charge >= 0.3 is 0 Å². The molecule has 0 saturated heterocycles. The van der Waals surface area contributed by atoms with Gasteiger partial charge in [0.1, 0.15) is 12.1 Å². The molecule has 0 bridgehead atoms. The average molecular weight is 195 g/mol. The zero-order valence-corrected chi connectivity index (χ0v) is 9.24. The Labute approximate surface area is 86.8 Å². The summed E-state index contributed by atoms with van der Waals surface area (Å²) < 4.78 is 0. The van der Waals surface area contributed by atoms with E-state index in [0.717, 1.165) is 0 Å². The van der Waals surface area contributed by atoms with Crippen molar-refractivity contribution in [2.24, 2.45) is 0 Å². The quantitative estimate of drug-likeness (QED) is 0.751. The fourth-order valence-corrected chi connectivity index (χ4v) is 0.978. The van der Waals surface area contributed by atoms with E-state index in [9.17, 15) is 0 Å². The first-order valence-corrected chi connectivity index (χ1v) is 5.32. The van der Waals surface area contributed by atoms with Crippen molar-refractivity contribution in [2.75, 3.05) is 5.73 Å². The minimum atomic E-state index is 0.509. The van der Waals surface area contributed by atoms with Crippen LogP contribution < -0.4 is 5.73 Å². The molecule has 0 aliphatic heterocycles. The molecular formula is C11H21N3. The molecule has 0 saturated carbocycles. The van der Waals surface area contributed by atoms with Crippen molar-refractivity contribution in [3.63, 3.8) is 0 Å². The SMILES string of the molecule is CCCCCCC.Nc1ccncn1. The average Bonchev–Trinajstić information content (AvgIpc) is 2.21. The van der Waals surface area contributed by atoms with Crippen LogP contribution in [-0.2, 0) is 0 Å². The second-order valence-electron chi connectivity index (χ2n) is 3.19. The topological polar surface area (TPSA) is 51.8 Å².